The smallest absolute Gasteiger partial charge is 0.173 e. The van der Waals surface area contributed by atoms with Gasteiger partial charge in [-0.1, -0.05) is 29.8 Å². The highest BCUT2D eigenvalue weighted by molar-refractivity contribution is 7.09. The zero-order chi connectivity index (χ0) is 19.4. The van der Waals surface area contributed by atoms with E-state index < -0.39 is 0 Å². The average Bonchev–Trinajstić information content (AvgIpc) is 3.12. The van der Waals surface area contributed by atoms with Gasteiger partial charge in [-0.25, -0.2) is 4.98 Å². The number of benzene rings is 2. The number of halogens is 1. The van der Waals surface area contributed by atoms with Gasteiger partial charge in [-0.2, -0.15) is 4.37 Å². The average molecular weight is 401 g/mol. The Hall–Kier alpha value is -2.37. The van der Waals surface area contributed by atoms with E-state index in [-0.39, 0.29) is 6.10 Å². The predicted molar refractivity (Wildman–Crippen MR) is 112 cm³/mol. The van der Waals surface area contributed by atoms with Crippen molar-refractivity contribution in [1.82, 2.24) is 9.36 Å². The molecule has 27 heavy (non-hydrogen) atoms. The Bertz CT molecular complexity index is 967. The van der Waals surface area contributed by atoms with Crippen molar-refractivity contribution in [2.24, 2.45) is 0 Å². The molecule has 0 saturated carbocycles. The monoisotopic (exact) mass is 400 g/mol. The van der Waals surface area contributed by atoms with Crippen molar-refractivity contribution in [1.29, 1.82) is 0 Å². The number of aromatic nitrogens is 2. The molecular formula is C21H21ClN2O2S. The highest BCUT2D eigenvalue weighted by Gasteiger charge is 2.13. The van der Waals surface area contributed by atoms with E-state index >= 15 is 0 Å². The SMILES string of the molecule is CO/C=C/c1cccc(-c2nsc(-c3ccc(OC(C)C)c(Cl)c3)n2)c1C. The van der Waals surface area contributed by atoms with Crippen LogP contribution in [-0.4, -0.2) is 22.6 Å². The summed E-state index contributed by atoms with van der Waals surface area (Å²) in [5, 5.41) is 1.39. The quantitative estimate of drug-likeness (QED) is 0.459. The van der Waals surface area contributed by atoms with E-state index in [2.05, 4.69) is 11.3 Å². The first-order chi connectivity index (χ1) is 13.0. The summed E-state index contributed by atoms with van der Waals surface area (Å²) in [5.74, 6) is 1.38. The second kappa shape index (κ2) is 8.55. The van der Waals surface area contributed by atoms with E-state index in [1.54, 1.807) is 13.4 Å². The molecule has 1 aromatic heterocycles. The summed E-state index contributed by atoms with van der Waals surface area (Å²) in [7, 11) is 1.63. The van der Waals surface area contributed by atoms with Gasteiger partial charge in [0.2, 0.25) is 0 Å². The lowest BCUT2D eigenvalue weighted by molar-refractivity contribution is 0.242. The minimum absolute atomic E-state index is 0.0730. The Balaban J connectivity index is 1.92. The lowest BCUT2D eigenvalue weighted by Gasteiger charge is -2.11. The van der Waals surface area contributed by atoms with E-state index in [1.165, 1.54) is 11.5 Å². The van der Waals surface area contributed by atoms with Gasteiger partial charge >= 0.3 is 0 Å². The molecule has 0 spiro atoms. The van der Waals surface area contributed by atoms with Gasteiger partial charge in [0.05, 0.1) is 24.5 Å². The van der Waals surface area contributed by atoms with Gasteiger partial charge in [-0.15, -0.1) is 0 Å². The normalized spacial score (nSPS) is 11.3. The van der Waals surface area contributed by atoms with Crippen molar-refractivity contribution in [2.75, 3.05) is 7.11 Å². The van der Waals surface area contributed by atoms with Crippen molar-refractivity contribution in [3.8, 4) is 27.7 Å². The standard InChI is InChI=1S/C21H21ClN2O2S/c1-13(2)26-19-9-8-16(12-18(19)22)21-23-20(24-27-21)17-7-5-6-15(14(17)3)10-11-25-4/h5-13H,1-4H3/b11-10+. The number of rotatable bonds is 6. The van der Waals surface area contributed by atoms with Gasteiger partial charge < -0.3 is 9.47 Å². The van der Waals surface area contributed by atoms with Crippen LogP contribution in [0.5, 0.6) is 5.75 Å². The maximum atomic E-state index is 6.35. The Morgan fingerprint density at radius 1 is 1.19 bits per heavy atom. The molecule has 0 radical (unpaired) electrons. The van der Waals surface area contributed by atoms with E-state index in [0.717, 1.165) is 27.3 Å². The fourth-order valence-electron chi connectivity index (χ4n) is 2.65. The van der Waals surface area contributed by atoms with E-state index in [4.69, 9.17) is 26.1 Å². The van der Waals surface area contributed by atoms with Crippen LogP contribution in [-0.2, 0) is 4.74 Å². The summed E-state index contributed by atoms with van der Waals surface area (Å²) in [5.41, 5.74) is 4.10. The molecule has 0 atom stereocenters. The first-order valence-corrected chi connectivity index (χ1v) is 9.74. The number of nitrogens with zero attached hydrogens (tertiary/aromatic N) is 2. The fourth-order valence-corrected chi connectivity index (χ4v) is 3.55. The maximum Gasteiger partial charge on any atom is 0.173 e. The lowest BCUT2D eigenvalue weighted by atomic mass is 10.0. The summed E-state index contributed by atoms with van der Waals surface area (Å²) in [6.07, 6.45) is 3.66. The third kappa shape index (κ3) is 4.49. The summed E-state index contributed by atoms with van der Waals surface area (Å²) in [6, 6.07) is 11.8. The lowest BCUT2D eigenvalue weighted by Crippen LogP contribution is -2.05. The summed E-state index contributed by atoms with van der Waals surface area (Å²) in [6.45, 7) is 6.00. The maximum absolute atomic E-state index is 6.35. The predicted octanol–water partition coefficient (Wildman–Crippen LogP) is 6.24. The second-order valence-corrected chi connectivity index (χ2v) is 7.45. The molecule has 2 aromatic carbocycles. The topological polar surface area (TPSA) is 44.2 Å². The van der Waals surface area contributed by atoms with Crippen molar-refractivity contribution >= 4 is 29.2 Å². The minimum atomic E-state index is 0.0730. The molecule has 0 unspecified atom stereocenters. The van der Waals surface area contributed by atoms with Crippen LogP contribution in [0.2, 0.25) is 5.02 Å². The van der Waals surface area contributed by atoms with Gasteiger partial charge in [0.25, 0.3) is 0 Å². The molecule has 0 N–H and O–H groups in total. The molecule has 3 rings (SSSR count). The molecular weight excluding hydrogens is 380 g/mol. The number of methoxy groups -OCH3 is 1. The largest absolute Gasteiger partial charge is 0.504 e. The Morgan fingerprint density at radius 2 is 2.00 bits per heavy atom. The minimum Gasteiger partial charge on any atom is -0.504 e. The van der Waals surface area contributed by atoms with Crippen LogP contribution in [0.15, 0.2) is 42.7 Å². The molecule has 0 fully saturated rings. The molecule has 0 aliphatic carbocycles. The zero-order valence-electron chi connectivity index (χ0n) is 15.7. The highest BCUT2D eigenvalue weighted by Crippen LogP contribution is 2.33. The number of ether oxygens (including phenoxy) is 2. The van der Waals surface area contributed by atoms with Crippen LogP contribution in [0.4, 0.5) is 0 Å². The summed E-state index contributed by atoms with van der Waals surface area (Å²) >= 11 is 7.71. The van der Waals surface area contributed by atoms with Crippen LogP contribution in [0.1, 0.15) is 25.0 Å². The van der Waals surface area contributed by atoms with Gasteiger partial charge in [0.15, 0.2) is 5.82 Å². The van der Waals surface area contributed by atoms with Crippen molar-refractivity contribution in [3.05, 3.63) is 58.8 Å². The van der Waals surface area contributed by atoms with E-state index in [9.17, 15) is 0 Å². The van der Waals surface area contributed by atoms with E-state index in [0.29, 0.717) is 16.6 Å². The third-order valence-electron chi connectivity index (χ3n) is 3.97. The Labute approximate surface area is 168 Å². The first-order valence-electron chi connectivity index (χ1n) is 8.59. The van der Waals surface area contributed by atoms with E-state index in [1.807, 2.05) is 56.3 Å². The molecule has 0 aliphatic rings. The molecule has 0 saturated heterocycles. The third-order valence-corrected chi connectivity index (χ3v) is 5.03. The number of hydrogen-bond donors (Lipinski definition) is 0. The Kier molecular flexibility index (Phi) is 6.14. The van der Waals surface area contributed by atoms with Crippen molar-refractivity contribution in [2.45, 2.75) is 26.9 Å². The Morgan fingerprint density at radius 3 is 2.70 bits per heavy atom. The molecule has 6 heteroatoms. The van der Waals surface area contributed by atoms with Crippen LogP contribution < -0.4 is 4.74 Å². The summed E-state index contributed by atoms with van der Waals surface area (Å²) in [4.78, 5) is 4.72. The van der Waals surface area contributed by atoms with Gasteiger partial charge in [0, 0.05) is 11.1 Å². The molecule has 0 bridgehead atoms. The van der Waals surface area contributed by atoms with Gasteiger partial charge in [-0.05, 0) is 67.7 Å². The second-order valence-electron chi connectivity index (χ2n) is 6.29. The highest BCUT2D eigenvalue weighted by atomic mass is 35.5. The fraction of sp³-hybridized carbons (Fsp3) is 0.238. The molecule has 1 heterocycles. The molecule has 4 nitrogen and oxygen atoms in total. The molecule has 0 amide bonds. The summed E-state index contributed by atoms with van der Waals surface area (Å²) < 4.78 is 15.3. The zero-order valence-corrected chi connectivity index (χ0v) is 17.3. The van der Waals surface area contributed by atoms with Gasteiger partial charge in [0.1, 0.15) is 10.8 Å². The van der Waals surface area contributed by atoms with Crippen LogP contribution in [0, 0.1) is 6.92 Å². The van der Waals surface area contributed by atoms with Crippen LogP contribution >= 0.6 is 23.1 Å². The van der Waals surface area contributed by atoms with Gasteiger partial charge in [-0.3, -0.25) is 0 Å². The molecule has 0 aliphatic heterocycles. The molecule has 3 aromatic rings. The first kappa shape index (κ1) is 19.4. The number of hydrogen-bond acceptors (Lipinski definition) is 5. The van der Waals surface area contributed by atoms with Crippen LogP contribution in [0.25, 0.3) is 28.0 Å². The molecule has 140 valence electrons. The van der Waals surface area contributed by atoms with Crippen molar-refractivity contribution < 1.29 is 9.47 Å². The van der Waals surface area contributed by atoms with Crippen LogP contribution in [0.3, 0.4) is 0 Å². The van der Waals surface area contributed by atoms with Crippen molar-refractivity contribution in [3.63, 3.8) is 0 Å².